The third kappa shape index (κ3) is 4.07. The normalized spacial score (nSPS) is 19.2. The Bertz CT molecular complexity index is 106. The molecule has 1 aliphatic carbocycles. The highest BCUT2D eigenvalue weighted by Crippen LogP contribution is 2.20. The van der Waals surface area contributed by atoms with Gasteiger partial charge in [-0.15, -0.1) is 0 Å². The highest BCUT2D eigenvalue weighted by molar-refractivity contribution is 4.66. The van der Waals surface area contributed by atoms with E-state index in [9.17, 15) is 0 Å². The number of rotatable bonds is 5. The van der Waals surface area contributed by atoms with Crippen LogP contribution in [0.1, 0.15) is 39.5 Å². The first kappa shape index (κ1) is 10.0. The molecule has 0 unspecified atom stereocenters. The molecule has 2 heteroatoms. The quantitative estimate of drug-likeness (QED) is 0.593. The minimum atomic E-state index is 0.331. The lowest BCUT2D eigenvalue weighted by Gasteiger charge is -2.12. The van der Waals surface area contributed by atoms with E-state index in [4.69, 9.17) is 9.47 Å². The smallest absolute Gasteiger partial charge is 0.0704 e. The fraction of sp³-hybridized carbons (Fsp3) is 1.00. The van der Waals surface area contributed by atoms with E-state index in [1.54, 1.807) is 0 Å². The van der Waals surface area contributed by atoms with E-state index < -0.39 is 0 Å². The lowest BCUT2D eigenvalue weighted by Crippen LogP contribution is -2.14. The highest BCUT2D eigenvalue weighted by Gasteiger charge is 2.14. The van der Waals surface area contributed by atoms with E-state index in [2.05, 4.69) is 13.8 Å². The zero-order chi connectivity index (χ0) is 8.81. The molecule has 72 valence electrons. The topological polar surface area (TPSA) is 18.5 Å². The first-order valence-electron chi connectivity index (χ1n) is 5.02. The summed E-state index contributed by atoms with van der Waals surface area (Å²) in [5.74, 6) is 0. The van der Waals surface area contributed by atoms with Crippen molar-refractivity contribution >= 4 is 0 Å². The summed E-state index contributed by atoms with van der Waals surface area (Å²) >= 11 is 0. The Morgan fingerprint density at radius 3 is 2.42 bits per heavy atom. The molecule has 1 saturated carbocycles. The van der Waals surface area contributed by atoms with E-state index in [-0.39, 0.29) is 0 Å². The summed E-state index contributed by atoms with van der Waals surface area (Å²) in [6.07, 6.45) is 6.05. The monoisotopic (exact) mass is 172 g/mol. The molecule has 12 heavy (non-hydrogen) atoms. The van der Waals surface area contributed by atoms with Gasteiger partial charge in [0.25, 0.3) is 0 Å². The van der Waals surface area contributed by atoms with Crippen LogP contribution in [-0.2, 0) is 9.47 Å². The zero-order valence-electron chi connectivity index (χ0n) is 8.21. The second-order valence-electron chi connectivity index (χ2n) is 3.70. The Labute approximate surface area is 75.2 Å². The Morgan fingerprint density at radius 2 is 1.83 bits per heavy atom. The maximum Gasteiger partial charge on any atom is 0.0704 e. The molecule has 0 atom stereocenters. The van der Waals surface area contributed by atoms with Crippen molar-refractivity contribution in [3.63, 3.8) is 0 Å². The van der Waals surface area contributed by atoms with Crippen LogP contribution in [0.25, 0.3) is 0 Å². The van der Waals surface area contributed by atoms with E-state index in [0.29, 0.717) is 12.2 Å². The molecule has 1 rings (SSSR count). The van der Waals surface area contributed by atoms with Crippen molar-refractivity contribution in [1.82, 2.24) is 0 Å². The van der Waals surface area contributed by atoms with Gasteiger partial charge < -0.3 is 9.47 Å². The van der Waals surface area contributed by atoms with Gasteiger partial charge in [-0.2, -0.15) is 0 Å². The van der Waals surface area contributed by atoms with Crippen LogP contribution in [0.2, 0.25) is 0 Å². The third-order valence-electron chi connectivity index (χ3n) is 2.19. The maximum absolute atomic E-state index is 5.63. The Balaban J connectivity index is 1.88. The maximum atomic E-state index is 5.63. The van der Waals surface area contributed by atoms with Crippen molar-refractivity contribution in [1.29, 1.82) is 0 Å². The Morgan fingerprint density at radius 1 is 1.17 bits per heavy atom. The van der Waals surface area contributed by atoms with Crippen molar-refractivity contribution in [3.05, 3.63) is 0 Å². The van der Waals surface area contributed by atoms with Crippen LogP contribution < -0.4 is 0 Å². The fourth-order valence-corrected chi connectivity index (χ4v) is 1.55. The second kappa shape index (κ2) is 5.55. The van der Waals surface area contributed by atoms with Crippen LogP contribution >= 0.6 is 0 Å². The Kier molecular flexibility index (Phi) is 4.62. The van der Waals surface area contributed by atoms with Crippen molar-refractivity contribution in [2.75, 3.05) is 13.2 Å². The molecule has 0 heterocycles. The molecule has 0 bridgehead atoms. The fourth-order valence-electron chi connectivity index (χ4n) is 1.55. The van der Waals surface area contributed by atoms with Crippen molar-refractivity contribution < 1.29 is 9.47 Å². The molecule has 0 radical (unpaired) electrons. The lowest BCUT2D eigenvalue weighted by atomic mass is 10.3. The molecule has 0 spiro atoms. The molecule has 0 aromatic carbocycles. The molecule has 0 amide bonds. The summed E-state index contributed by atoms with van der Waals surface area (Å²) in [6.45, 7) is 5.61. The summed E-state index contributed by atoms with van der Waals surface area (Å²) in [5, 5.41) is 0. The standard InChI is InChI=1S/C10H20O2/c1-9(2)11-7-8-12-10-5-3-4-6-10/h9-10H,3-8H2,1-2H3. The molecule has 0 aromatic rings. The number of ether oxygens (including phenoxy) is 2. The number of hydrogen-bond acceptors (Lipinski definition) is 2. The van der Waals surface area contributed by atoms with Crippen molar-refractivity contribution in [3.8, 4) is 0 Å². The van der Waals surface area contributed by atoms with Gasteiger partial charge in [0.05, 0.1) is 25.4 Å². The van der Waals surface area contributed by atoms with E-state index in [1.165, 1.54) is 25.7 Å². The second-order valence-corrected chi connectivity index (χ2v) is 3.70. The SMILES string of the molecule is CC(C)OCCOC1CCCC1. The molecule has 0 saturated heterocycles. The average molecular weight is 172 g/mol. The predicted octanol–water partition coefficient (Wildman–Crippen LogP) is 2.37. The first-order chi connectivity index (χ1) is 5.79. The predicted molar refractivity (Wildman–Crippen MR) is 49.3 cm³/mol. The minimum Gasteiger partial charge on any atom is -0.376 e. The third-order valence-corrected chi connectivity index (χ3v) is 2.19. The largest absolute Gasteiger partial charge is 0.376 e. The van der Waals surface area contributed by atoms with E-state index >= 15 is 0 Å². The molecule has 1 fully saturated rings. The van der Waals surface area contributed by atoms with E-state index in [0.717, 1.165) is 13.2 Å². The van der Waals surface area contributed by atoms with Gasteiger partial charge in [0.2, 0.25) is 0 Å². The minimum absolute atomic E-state index is 0.331. The van der Waals surface area contributed by atoms with Gasteiger partial charge in [0.15, 0.2) is 0 Å². The molecular formula is C10H20O2. The van der Waals surface area contributed by atoms with Crippen LogP contribution in [0.3, 0.4) is 0 Å². The molecule has 0 aromatic heterocycles. The van der Waals surface area contributed by atoms with Crippen LogP contribution in [0, 0.1) is 0 Å². The van der Waals surface area contributed by atoms with Crippen molar-refractivity contribution in [2.24, 2.45) is 0 Å². The summed E-state index contributed by atoms with van der Waals surface area (Å²) < 4.78 is 11.0. The highest BCUT2D eigenvalue weighted by atomic mass is 16.5. The molecular weight excluding hydrogens is 152 g/mol. The van der Waals surface area contributed by atoms with Crippen LogP contribution in [0.4, 0.5) is 0 Å². The van der Waals surface area contributed by atoms with Crippen molar-refractivity contribution in [2.45, 2.75) is 51.7 Å². The first-order valence-corrected chi connectivity index (χ1v) is 5.02. The summed E-state index contributed by atoms with van der Waals surface area (Å²) in [6, 6.07) is 0. The van der Waals surface area contributed by atoms with Crippen LogP contribution in [0.15, 0.2) is 0 Å². The Hall–Kier alpha value is -0.0800. The molecule has 0 N–H and O–H groups in total. The molecule has 2 nitrogen and oxygen atoms in total. The van der Waals surface area contributed by atoms with E-state index in [1.807, 2.05) is 0 Å². The molecule has 1 aliphatic rings. The van der Waals surface area contributed by atoms with Gasteiger partial charge in [-0.25, -0.2) is 0 Å². The average Bonchev–Trinajstić information content (AvgIpc) is 2.49. The van der Waals surface area contributed by atoms with Gasteiger partial charge in [-0.3, -0.25) is 0 Å². The summed E-state index contributed by atoms with van der Waals surface area (Å²) in [5.41, 5.74) is 0. The van der Waals surface area contributed by atoms with Crippen LogP contribution in [-0.4, -0.2) is 25.4 Å². The van der Waals surface area contributed by atoms with Gasteiger partial charge in [0.1, 0.15) is 0 Å². The van der Waals surface area contributed by atoms with Gasteiger partial charge >= 0.3 is 0 Å². The van der Waals surface area contributed by atoms with Gasteiger partial charge in [-0.1, -0.05) is 12.8 Å². The zero-order valence-corrected chi connectivity index (χ0v) is 8.21. The van der Waals surface area contributed by atoms with Gasteiger partial charge in [0, 0.05) is 0 Å². The molecule has 0 aliphatic heterocycles. The summed E-state index contributed by atoms with van der Waals surface area (Å²) in [7, 11) is 0. The van der Waals surface area contributed by atoms with Crippen LogP contribution in [0.5, 0.6) is 0 Å². The van der Waals surface area contributed by atoms with Gasteiger partial charge in [-0.05, 0) is 26.7 Å². The number of hydrogen-bond donors (Lipinski definition) is 0. The lowest BCUT2D eigenvalue weighted by molar-refractivity contribution is -0.00991. The summed E-state index contributed by atoms with van der Waals surface area (Å²) in [4.78, 5) is 0.